The molecule has 124 valence electrons. The van der Waals surface area contributed by atoms with Gasteiger partial charge in [-0.05, 0) is 45.7 Å². The molecule has 3 atom stereocenters. The smallest absolute Gasteiger partial charge is 0.320 e. The Morgan fingerprint density at radius 1 is 1.35 bits per heavy atom. The van der Waals surface area contributed by atoms with Crippen molar-refractivity contribution in [2.75, 3.05) is 0 Å². The summed E-state index contributed by atoms with van der Waals surface area (Å²) in [6, 6.07) is 5.29. The molecule has 1 aliphatic heterocycles. The Kier molecular flexibility index (Phi) is 3.92. The van der Waals surface area contributed by atoms with Gasteiger partial charge in [0.2, 0.25) is 0 Å². The van der Waals surface area contributed by atoms with Crippen molar-refractivity contribution in [3.63, 3.8) is 0 Å². The fourth-order valence-corrected chi connectivity index (χ4v) is 3.80. The van der Waals surface area contributed by atoms with Gasteiger partial charge in [0.25, 0.3) is 0 Å². The molecule has 2 N–H and O–H groups in total. The number of amides is 2. The van der Waals surface area contributed by atoms with E-state index in [2.05, 4.69) is 18.3 Å². The third-order valence-electron chi connectivity index (χ3n) is 4.95. The number of rotatable bonds is 2. The molecule has 4 nitrogen and oxygen atoms in total. The number of benzene rings is 1. The molecule has 3 rings (SSSR count). The number of carbonyl (C=O) groups is 1. The summed E-state index contributed by atoms with van der Waals surface area (Å²) < 4.78 is 13.2. The maximum Gasteiger partial charge on any atom is 0.320 e. The lowest BCUT2D eigenvalue weighted by Crippen LogP contribution is -2.68. The van der Waals surface area contributed by atoms with E-state index in [4.69, 9.17) is 0 Å². The Labute approximate surface area is 136 Å². The molecule has 1 aromatic rings. The standard InChI is InChI=1S/C18H23FN2O2/c1-11(2)21-16-10-12(3)4-9-15(16)18(23,20-17(21)22)13-5-7-14(19)8-6-13/h5-8,10-11,15-16,23H,4,9H2,1-3H3,(H,20,22). The van der Waals surface area contributed by atoms with Gasteiger partial charge >= 0.3 is 6.03 Å². The minimum Gasteiger partial charge on any atom is -0.366 e. The van der Waals surface area contributed by atoms with E-state index in [-0.39, 0.29) is 29.8 Å². The molecular weight excluding hydrogens is 295 g/mol. The van der Waals surface area contributed by atoms with Crippen molar-refractivity contribution in [2.24, 2.45) is 5.92 Å². The summed E-state index contributed by atoms with van der Waals surface area (Å²) in [4.78, 5) is 14.4. The number of hydrogen-bond acceptors (Lipinski definition) is 2. The zero-order valence-corrected chi connectivity index (χ0v) is 13.7. The van der Waals surface area contributed by atoms with Crippen LogP contribution in [0.25, 0.3) is 0 Å². The average Bonchev–Trinajstić information content (AvgIpc) is 2.46. The van der Waals surface area contributed by atoms with Gasteiger partial charge in [0.05, 0.1) is 6.04 Å². The van der Waals surface area contributed by atoms with E-state index in [0.717, 1.165) is 12.8 Å². The predicted molar refractivity (Wildman–Crippen MR) is 86.1 cm³/mol. The Morgan fingerprint density at radius 2 is 2.00 bits per heavy atom. The van der Waals surface area contributed by atoms with Gasteiger partial charge in [-0.15, -0.1) is 0 Å². The van der Waals surface area contributed by atoms with E-state index in [0.29, 0.717) is 5.56 Å². The zero-order valence-electron chi connectivity index (χ0n) is 13.7. The Morgan fingerprint density at radius 3 is 2.61 bits per heavy atom. The number of hydrogen-bond donors (Lipinski definition) is 2. The lowest BCUT2D eigenvalue weighted by atomic mass is 9.74. The number of allylic oxidation sites excluding steroid dienone is 1. The number of aliphatic hydroxyl groups is 1. The molecule has 0 bridgehead atoms. The van der Waals surface area contributed by atoms with E-state index in [1.807, 2.05) is 13.8 Å². The number of nitrogens with one attached hydrogen (secondary N) is 1. The summed E-state index contributed by atoms with van der Waals surface area (Å²) in [7, 11) is 0. The monoisotopic (exact) mass is 318 g/mol. The second kappa shape index (κ2) is 5.64. The molecule has 3 unspecified atom stereocenters. The van der Waals surface area contributed by atoms with Crippen molar-refractivity contribution in [1.29, 1.82) is 0 Å². The number of nitrogens with zero attached hydrogens (tertiary/aromatic N) is 1. The molecule has 2 amide bonds. The number of fused-ring (bicyclic) bond motifs is 1. The third kappa shape index (κ3) is 2.63. The minimum atomic E-state index is -1.47. The highest BCUT2D eigenvalue weighted by Crippen LogP contribution is 2.42. The maximum atomic E-state index is 13.2. The molecule has 0 aromatic heterocycles. The molecule has 1 saturated heterocycles. The van der Waals surface area contributed by atoms with Gasteiger partial charge in [0, 0.05) is 17.5 Å². The van der Waals surface area contributed by atoms with Gasteiger partial charge < -0.3 is 15.3 Å². The van der Waals surface area contributed by atoms with E-state index in [1.165, 1.54) is 17.7 Å². The van der Waals surface area contributed by atoms with Crippen LogP contribution in [0.5, 0.6) is 0 Å². The summed E-state index contributed by atoms with van der Waals surface area (Å²) in [6.45, 7) is 5.99. The first-order valence-electron chi connectivity index (χ1n) is 8.09. The minimum absolute atomic E-state index is 0.0300. The highest BCUT2D eigenvalue weighted by molar-refractivity contribution is 5.77. The van der Waals surface area contributed by atoms with Crippen LogP contribution >= 0.6 is 0 Å². The van der Waals surface area contributed by atoms with Crippen LogP contribution in [0.3, 0.4) is 0 Å². The first-order valence-corrected chi connectivity index (χ1v) is 8.09. The van der Waals surface area contributed by atoms with Crippen LogP contribution in [0.15, 0.2) is 35.9 Å². The third-order valence-corrected chi connectivity index (χ3v) is 4.95. The van der Waals surface area contributed by atoms with E-state index in [9.17, 15) is 14.3 Å². The van der Waals surface area contributed by atoms with E-state index in [1.54, 1.807) is 17.0 Å². The van der Waals surface area contributed by atoms with E-state index < -0.39 is 5.72 Å². The Hall–Kier alpha value is -1.88. The summed E-state index contributed by atoms with van der Waals surface area (Å²) in [5.74, 6) is -0.531. The molecule has 0 spiro atoms. The summed E-state index contributed by atoms with van der Waals surface area (Å²) >= 11 is 0. The summed E-state index contributed by atoms with van der Waals surface area (Å²) in [5.41, 5.74) is 0.282. The van der Waals surface area contributed by atoms with E-state index >= 15 is 0 Å². The van der Waals surface area contributed by atoms with Crippen molar-refractivity contribution in [3.05, 3.63) is 47.3 Å². The van der Waals surface area contributed by atoms with Crippen LogP contribution in [-0.4, -0.2) is 28.1 Å². The lowest BCUT2D eigenvalue weighted by molar-refractivity contribution is -0.0983. The molecule has 1 heterocycles. The fraction of sp³-hybridized carbons (Fsp3) is 0.500. The molecule has 2 aliphatic rings. The first-order chi connectivity index (χ1) is 10.8. The SMILES string of the molecule is CC1=CC2C(CC1)C(O)(c1ccc(F)cc1)NC(=O)N2C(C)C. The molecule has 0 radical (unpaired) electrons. The van der Waals surface area contributed by atoms with Crippen LogP contribution in [-0.2, 0) is 5.72 Å². The fourth-order valence-electron chi connectivity index (χ4n) is 3.80. The van der Waals surface area contributed by atoms with Crippen LogP contribution in [0.1, 0.15) is 39.2 Å². The second-order valence-electron chi connectivity index (χ2n) is 6.85. The van der Waals surface area contributed by atoms with Gasteiger partial charge in [0.1, 0.15) is 5.82 Å². The van der Waals surface area contributed by atoms with Gasteiger partial charge in [-0.3, -0.25) is 0 Å². The summed E-state index contributed by atoms with van der Waals surface area (Å²) in [5, 5.41) is 14.0. The average molecular weight is 318 g/mol. The van der Waals surface area contributed by atoms with Crippen molar-refractivity contribution in [1.82, 2.24) is 10.2 Å². The van der Waals surface area contributed by atoms with Crippen LogP contribution in [0.2, 0.25) is 0 Å². The molecule has 1 aliphatic carbocycles. The highest BCUT2D eigenvalue weighted by atomic mass is 19.1. The molecule has 1 aromatic carbocycles. The zero-order chi connectivity index (χ0) is 16.8. The Bertz CT molecular complexity index is 641. The number of halogens is 1. The van der Waals surface area contributed by atoms with Gasteiger partial charge in [-0.2, -0.15) is 0 Å². The normalized spacial score (nSPS) is 30.8. The highest BCUT2D eigenvalue weighted by Gasteiger charge is 2.52. The van der Waals surface area contributed by atoms with Crippen LogP contribution in [0.4, 0.5) is 9.18 Å². The molecule has 0 saturated carbocycles. The van der Waals surface area contributed by atoms with Gasteiger partial charge in [0.15, 0.2) is 5.72 Å². The quantitative estimate of drug-likeness (QED) is 0.823. The van der Waals surface area contributed by atoms with Gasteiger partial charge in [-0.25, -0.2) is 9.18 Å². The van der Waals surface area contributed by atoms with Crippen molar-refractivity contribution in [3.8, 4) is 0 Å². The molecule has 5 heteroatoms. The van der Waals surface area contributed by atoms with Crippen molar-refractivity contribution < 1.29 is 14.3 Å². The van der Waals surface area contributed by atoms with Gasteiger partial charge in [-0.1, -0.05) is 23.8 Å². The largest absolute Gasteiger partial charge is 0.366 e. The summed E-state index contributed by atoms with van der Waals surface area (Å²) in [6.07, 6.45) is 3.73. The molecule has 23 heavy (non-hydrogen) atoms. The predicted octanol–water partition coefficient (Wildman–Crippen LogP) is 3.13. The van der Waals surface area contributed by atoms with Crippen molar-refractivity contribution in [2.45, 2.75) is 51.4 Å². The molecule has 1 fully saturated rings. The Balaban J connectivity index is 2.06. The van der Waals surface area contributed by atoms with Crippen molar-refractivity contribution >= 4 is 6.03 Å². The first kappa shape index (κ1) is 16.0. The van der Waals surface area contributed by atoms with Crippen LogP contribution in [0, 0.1) is 11.7 Å². The second-order valence-corrected chi connectivity index (χ2v) is 6.85. The topological polar surface area (TPSA) is 52.6 Å². The molecular formula is C18H23FN2O2. The maximum absolute atomic E-state index is 13.2. The number of carbonyl (C=O) groups excluding carboxylic acids is 1. The number of urea groups is 1. The lowest BCUT2D eigenvalue weighted by Gasteiger charge is -2.52. The van der Waals surface area contributed by atoms with Crippen LogP contribution < -0.4 is 5.32 Å².